The quantitative estimate of drug-likeness (QED) is 0.0365. The zero-order valence-corrected chi connectivity index (χ0v) is 33.2. The van der Waals surface area contributed by atoms with Crippen molar-refractivity contribution >= 4 is 23.9 Å². The first-order valence-electron chi connectivity index (χ1n) is 19.7. The Morgan fingerprint density at radius 1 is 0.389 bits per heavy atom. The van der Waals surface area contributed by atoms with Gasteiger partial charge in [-0.05, 0) is 32.1 Å². The van der Waals surface area contributed by atoms with Crippen molar-refractivity contribution in [3.63, 3.8) is 0 Å². The lowest BCUT2D eigenvalue weighted by Gasteiger charge is -2.26. The Morgan fingerprint density at radius 2 is 0.685 bits per heavy atom. The first-order valence-corrected chi connectivity index (χ1v) is 19.7. The fourth-order valence-electron chi connectivity index (χ4n) is 5.26. The number of nitrogens with zero attached hydrogens (tertiary/aromatic N) is 4. The van der Waals surface area contributed by atoms with Gasteiger partial charge in [-0.3, -0.25) is 38.8 Å². The lowest BCUT2D eigenvalue weighted by molar-refractivity contribution is -0.146. The number of hydrogen-bond donors (Lipinski definition) is 4. The lowest BCUT2D eigenvalue weighted by Crippen LogP contribution is -2.39. The van der Waals surface area contributed by atoms with Gasteiger partial charge in [0.25, 0.3) is 0 Å². The van der Waals surface area contributed by atoms with E-state index in [0.717, 1.165) is 25.7 Å². The second-order valence-electron chi connectivity index (χ2n) is 12.9. The molecule has 0 atom stereocenters. The Labute approximate surface area is 322 Å². The molecule has 54 heavy (non-hydrogen) atoms. The number of hydrogen-bond acceptors (Lipinski definition) is 17. The molecule has 0 radical (unpaired) electrons. The highest BCUT2D eigenvalue weighted by atomic mass is 16.6. The van der Waals surface area contributed by atoms with Crippen LogP contribution < -0.4 is 0 Å². The Morgan fingerprint density at radius 3 is 0.963 bits per heavy atom. The molecule has 0 aromatic heterocycles. The van der Waals surface area contributed by atoms with Gasteiger partial charge in [-0.15, -0.1) is 0 Å². The molecule has 17 heteroatoms. The lowest BCUT2D eigenvalue weighted by atomic mass is 10.2. The molecule has 0 aromatic carbocycles. The van der Waals surface area contributed by atoms with E-state index >= 15 is 0 Å². The summed E-state index contributed by atoms with van der Waals surface area (Å²) in [6, 6.07) is 0. The Hall–Kier alpha value is -2.48. The molecular formula is C37H72N4O13. The minimum absolute atomic E-state index is 0.0399. The van der Waals surface area contributed by atoms with E-state index in [1.54, 1.807) is 0 Å². The van der Waals surface area contributed by atoms with E-state index in [1.807, 2.05) is 26.5 Å². The SMILES string of the molecule is CCCCOC(=O)CCN(CCO)CCN(CCO)CCC(=O)OCCCCCCOC(=O)CCN(CCO)CCN(CCO)CCC(=O)OCCOC. The third-order valence-electron chi connectivity index (χ3n) is 8.53. The monoisotopic (exact) mass is 781 g/mol. The predicted octanol–water partition coefficient (Wildman–Crippen LogP) is -0.0963. The molecule has 0 heterocycles. The number of esters is 4. The highest BCUT2D eigenvalue weighted by Crippen LogP contribution is 2.05. The van der Waals surface area contributed by atoms with Crippen LogP contribution in [0.4, 0.5) is 0 Å². The maximum absolute atomic E-state index is 12.3. The molecule has 4 N–H and O–H groups in total. The topological polar surface area (TPSA) is 208 Å². The molecule has 0 aliphatic heterocycles. The molecule has 0 saturated heterocycles. The minimum Gasteiger partial charge on any atom is -0.466 e. The molecule has 0 aromatic rings. The molecule has 0 aliphatic rings. The Bertz CT molecular complexity index is 862. The van der Waals surface area contributed by atoms with Gasteiger partial charge >= 0.3 is 23.9 Å². The summed E-state index contributed by atoms with van der Waals surface area (Å²) in [7, 11) is 1.53. The largest absolute Gasteiger partial charge is 0.466 e. The van der Waals surface area contributed by atoms with Crippen molar-refractivity contribution in [3.05, 3.63) is 0 Å². The number of unbranched alkanes of at least 4 members (excludes halogenated alkanes) is 4. The summed E-state index contributed by atoms with van der Waals surface area (Å²) < 4.78 is 25.9. The van der Waals surface area contributed by atoms with Crippen LogP contribution >= 0.6 is 0 Å². The maximum Gasteiger partial charge on any atom is 0.307 e. The van der Waals surface area contributed by atoms with Crippen LogP contribution in [0.2, 0.25) is 0 Å². The highest BCUT2D eigenvalue weighted by molar-refractivity contribution is 5.70. The number of rotatable bonds is 39. The number of carbonyl (C=O) groups excluding carboxylic acids is 4. The maximum atomic E-state index is 12.3. The van der Waals surface area contributed by atoms with Crippen LogP contribution in [0.15, 0.2) is 0 Å². The normalized spacial score (nSPS) is 11.5. The van der Waals surface area contributed by atoms with E-state index in [0.29, 0.717) is 118 Å². The van der Waals surface area contributed by atoms with Crippen LogP contribution in [-0.4, -0.2) is 209 Å². The molecule has 0 unspecified atom stereocenters. The van der Waals surface area contributed by atoms with Gasteiger partial charge in [0, 0.05) is 85.6 Å². The summed E-state index contributed by atoms with van der Waals surface area (Å²) in [5.74, 6) is -1.24. The summed E-state index contributed by atoms with van der Waals surface area (Å²) in [4.78, 5) is 56.3. The average Bonchev–Trinajstić information content (AvgIpc) is 3.15. The number of methoxy groups -OCH3 is 1. The summed E-state index contributed by atoms with van der Waals surface area (Å²) in [5, 5.41) is 37.8. The first-order chi connectivity index (χ1) is 26.2. The molecule has 0 rings (SSSR count). The first kappa shape index (κ1) is 51.5. The van der Waals surface area contributed by atoms with Crippen LogP contribution in [0, 0.1) is 0 Å². The van der Waals surface area contributed by atoms with Crippen molar-refractivity contribution in [2.24, 2.45) is 0 Å². The minimum atomic E-state index is -0.338. The Kier molecular flexibility index (Phi) is 35.7. The van der Waals surface area contributed by atoms with Crippen molar-refractivity contribution < 1.29 is 63.3 Å². The van der Waals surface area contributed by atoms with Gasteiger partial charge in [-0.25, -0.2) is 0 Å². The number of ether oxygens (including phenoxy) is 5. The molecular weight excluding hydrogens is 708 g/mol. The smallest absolute Gasteiger partial charge is 0.307 e. The van der Waals surface area contributed by atoms with Crippen molar-refractivity contribution in [1.29, 1.82) is 0 Å². The van der Waals surface area contributed by atoms with Crippen LogP contribution in [0.25, 0.3) is 0 Å². The van der Waals surface area contributed by atoms with Gasteiger partial charge in [0.2, 0.25) is 0 Å². The van der Waals surface area contributed by atoms with Gasteiger partial charge in [0.05, 0.1) is 78.5 Å². The molecule has 0 fully saturated rings. The summed E-state index contributed by atoms with van der Waals surface area (Å²) in [5.41, 5.74) is 0. The van der Waals surface area contributed by atoms with Crippen LogP contribution in [0.1, 0.15) is 71.1 Å². The standard InChI is InChI=1S/C37H72N4O13/c1-3-4-29-51-34(46)9-13-38(21-25-42)17-18-39(22-26-43)14-10-35(47)52-30-7-5-6-8-31-53-36(48)11-15-40(23-27-44)19-20-41(24-28-45)16-12-37(49)54-33-32-50-2/h42-45H,3-33H2,1-2H3. The van der Waals surface area contributed by atoms with Gasteiger partial charge < -0.3 is 44.1 Å². The Balaban J connectivity index is 4.21. The second kappa shape index (κ2) is 37.4. The fourth-order valence-corrected chi connectivity index (χ4v) is 5.26. The highest BCUT2D eigenvalue weighted by Gasteiger charge is 2.15. The van der Waals surface area contributed by atoms with Gasteiger partial charge in [-0.1, -0.05) is 13.3 Å². The second-order valence-corrected chi connectivity index (χ2v) is 12.9. The van der Waals surface area contributed by atoms with E-state index < -0.39 is 0 Å². The molecule has 318 valence electrons. The zero-order valence-electron chi connectivity index (χ0n) is 33.2. The average molecular weight is 781 g/mol. The van der Waals surface area contributed by atoms with E-state index in [9.17, 15) is 39.6 Å². The van der Waals surface area contributed by atoms with Crippen LogP contribution in [0.5, 0.6) is 0 Å². The summed E-state index contributed by atoms with van der Waals surface area (Å²) in [6.07, 6.45) is 5.56. The summed E-state index contributed by atoms with van der Waals surface area (Å²) >= 11 is 0. The van der Waals surface area contributed by atoms with Crippen molar-refractivity contribution in [2.45, 2.75) is 71.1 Å². The van der Waals surface area contributed by atoms with Crippen molar-refractivity contribution in [3.8, 4) is 0 Å². The molecule has 0 saturated carbocycles. The van der Waals surface area contributed by atoms with E-state index in [2.05, 4.69) is 0 Å². The van der Waals surface area contributed by atoms with Gasteiger partial charge in [0.1, 0.15) is 6.61 Å². The number of aliphatic hydroxyl groups excluding tert-OH is 4. The van der Waals surface area contributed by atoms with Crippen LogP contribution in [-0.2, 0) is 42.9 Å². The van der Waals surface area contributed by atoms with E-state index in [1.165, 1.54) is 7.11 Å². The zero-order chi connectivity index (χ0) is 40.1. The third-order valence-corrected chi connectivity index (χ3v) is 8.53. The predicted molar refractivity (Wildman–Crippen MR) is 202 cm³/mol. The van der Waals surface area contributed by atoms with E-state index in [-0.39, 0.29) is 82.6 Å². The third kappa shape index (κ3) is 31.8. The van der Waals surface area contributed by atoms with Crippen LogP contribution in [0.3, 0.4) is 0 Å². The number of carbonyl (C=O) groups is 4. The molecule has 0 aliphatic carbocycles. The molecule has 0 bridgehead atoms. The molecule has 0 spiro atoms. The van der Waals surface area contributed by atoms with Gasteiger partial charge in [0.15, 0.2) is 0 Å². The van der Waals surface area contributed by atoms with Crippen molar-refractivity contribution in [2.75, 3.05) is 145 Å². The van der Waals surface area contributed by atoms with Gasteiger partial charge in [-0.2, -0.15) is 0 Å². The van der Waals surface area contributed by atoms with Crippen molar-refractivity contribution in [1.82, 2.24) is 19.6 Å². The molecule has 17 nitrogen and oxygen atoms in total. The summed E-state index contributed by atoms with van der Waals surface area (Å²) in [6.45, 7) is 8.85. The fraction of sp³-hybridized carbons (Fsp3) is 0.892. The number of aliphatic hydroxyl groups is 4. The molecule has 0 amide bonds. The van der Waals surface area contributed by atoms with E-state index in [4.69, 9.17) is 23.7 Å².